The first-order valence-corrected chi connectivity index (χ1v) is 12.5. The van der Waals surface area contributed by atoms with Crippen LogP contribution in [0.5, 0.6) is 0 Å². The van der Waals surface area contributed by atoms with Crippen LogP contribution >= 0.6 is 11.6 Å². The summed E-state index contributed by atoms with van der Waals surface area (Å²) in [7, 11) is 0. The maximum atomic E-state index is 12.9. The third-order valence-corrected chi connectivity index (χ3v) is 6.57. The van der Waals surface area contributed by atoms with Crippen LogP contribution in [0.2, 0.25) is 5.02 Å². The van der Waals surface area contributed by atoms with Gasteiger partial charge in [-0.25, -0.2) is 4.79 Å². The van der Waals surface area contributed by atoms with Crippen LogP contribution < -0.4 is 5.32 Å². The number of urea groups is 1. The van der Waals surface area contributed by atoms with E-state index in [0.717, 1.165) is 17.7 Å². The van der Waals surface area contributed by atoms with Gasteiger partial charge in [-0.3, -0.25) is 15.0 Å². The van der Waals surface area contributed by atoms with Gasteiger partial charge in [0.15, 0.2) is 0 Å². The Labute approximate surface area is 223 Å². The largest absolute Gasteiger partial charge is 0.416 e. The summed E-state index contributed by atoms with van der Waals surface area (Å²) in [6.45, 7) is 2.65. The Hall–Kier alpha value is -3.40. The first-order valence-electron chi connectivity index (χ1n) is 12.1. The molecule has 3 aromatic carbocycles. The zero-order valence-electron chi connectivity index (χ0n) is 20.5. The van der Waals surface area contributed by atoms with Crippen LogP contribution in [0.15, 0.2) is 78.9 Å². The molecule has 1 atom stereocenters. The summed E-state index contributed by atoms with van der Waals surface area (Å²) in [6.07, 6.45) is -4.76. The maximum absolute atomic E-state index is 12.9. The van der Waals surface area contributed by atoms with E-state index in [1.165, 1.54) is 12.1 Å². The highest BCUT2D eigenvalue weighted by atomic mass is 35.5. The molecule has 1 saturated heterocycles. The first kappa shape index (κ1) is 27.6. The number of ether oxygens (including phenoxy) is 1. The Morgan fingerprint density at radius 1 is 0.895 bits per heavy atom. The van der Waals surface area contributed by atoms with E-state index in [1.807, 2.05) is 12.1 Å². The molecule has 1 fully saturated rings. The molecule has 0 saturated carbocycles. The molecule has 1 aliphatic heterocycles. The van der Waals surface area contributed by atoms with Gasteiger partial charge in [-0.15, -0.1) is 0 Å². The SMILES string of the molecule is O=C(NC(=O)N1CCN(C[C@@H](OCc2ccc(C(F)(F)F)cc2)c2ccc(Cl)cc2)CC1)c1ccccc1. The summed E-state index contributed by atoms with van der Waals surface area (Å²) in [6, 6.07) is 20.3. The van der Waals surface area contributed by atoms with Gasteiger partial charge in [0, 0.05) is 43.3 Å². The molecule has 4 rings (SSSR count). The second kappa shape index (κ2) is 12.4. The lowest BCUT2D eigenvalue weighted by molar-refractivity contribution is -0.137. The molecule has 3 amide bonds. The van der Waals surface area contributed by atoms with Crippen LogP contribution in [0.3, 0.4) is 0 Å². The molecule has 1 heterocycles. The van der Waals surface area contributed by atoms with Gasteiger partial charge in [0.1, 0.15) is 0 Å². The van der Waals surface area contributed by atoms with Crippen LogP contribution in [-0.4, -0.2) is 54.5 Å². The molecular weight excluding hydrogens is 519 g/mol. The van der Waals surface area contributed by atoms with E-state index in [-0.39, 0.29) is 12.7 Å². The van der Waals surface area contributed by atoms with E-state index in [1.54, 1.807) is 47.4 Å². The van der Waals surface area contributed by atoms with Gasteiger partial charge in [-0.05, 0) is 47.5 Å². The number of rotatable bonds is 7. The van der Waals surface area contributed by atoms with E-state index < -0.39 is 23.7 Å². The molecule has 0 radical (unpaired) electrons. The molecule has 0 aromatic heterocycles. The van der Waals surface area contributed by atoms with Crippen LogP contribution in [0, 0.1) is 0 Å². The van der Waals surface area contributed by atoms with Crippen molar-refractivity contribution in [3.8, 4) is 0 Å². The molecule has 0 unspecified atom stereocenters. The van der Waals surface area contributed by atoms with Crippen LogP contribution in [-0.2, 0) is 17.5 Å². The minimum atomic E-state index is -4.39. The topological polar surface area (TPSA) is 61.9 Å². The van der Waals surface area contributed by atoms with Crippen molar-refractivity contribution in [2.24, 2.45) is 0 Å². The standard InChI is InChI=1S/C28H27ClF3N3O3/c29-24-12-8-21(9-13-24)25(38-19-20-6-10-23(11-7-20)28(30,31)32)18-34-14-16-35(17-15-34)27(37)33-26(36)22-4-2-1-3-5-22/h1-13,25H,14-19H2,(H,33,36,37)/t25-/m1/s1. The molecule has 1 N–H and O–H groups in total. The van der Waals surface area contributed by atoms with E-state index in [0.29, 0.717) is 48.9 Å². The van der Waals surface area contributed by atoms with E-state index >= 15 is 0 Å². The normalized spacial score (nSPS) is 15.2. The molecule has 0 spiro atoms. The molecular formula is C28H27ClF3N3O3. The number of carbonyl (C=O) groups is 2. The summed E-state index contributed by atoms with van der Waals surface area (Å²) >= 11 is 6.04. The Balaban J connectivity index is 1.34. The van der Waals surface area contributed by atoms with Crippen molar-refractivity contribution in [1.82, 2.24) is 15.1 Å². The number of carbonyl (C=O) groups excluding carboxylic acids is 2. The third kappa shape index (κ3) is 7.56. The van der Waals surface area contributed by atoms with Crippen molar-refractivity contribution in [1.29, 1.82) is 0 Å². The zero-order chi connectivity index (χ0) is 27.1. The lowest BCUT2D eigenvalue weighted by atomic mass is 10.1. The van der Waals surface area contributed by atoms with Gasteiger partial charge in [0.2, 0.25) is 0 Å². The van der Waals surface area contributed by atoms with Crippen LogP contribution in [0.25, 0.3) is 0 Å². The van der Waals surface area contributed by atoms with Crippen molar-refractivity contribution in [3.05, 3.63) is 106 Å². The molecule has 0 bridgehead atoms. The summed E-state index contributed by atoms with van der Waals surface area (Å²) in [5, 5.41) is 3.01. The number of nitrogens with one attached hydrogen (secondary N) is 1. The highest BCUT2D eigenvalue weighted by Gasteiger charge is 2.30. The molecule has 6 nitrogen and oxygen atoms in total. The average Bonchev–Trinajstić information content (AvgIpc) is 2.92. The highest BCUT2D eigenvalue weighted by Crippen LogP contribution is 2.30. The fraction of sp³-hybridized carbons (Fsp3) is 0.286. The van der Waals surface area contributed by atoms with Crippen LogP contribution in [0.1, 0.15) is 33.2 Å². The predicted molar refractivity (Wildman–Crippen MR) is 138 cm³/mol. The fourth-order valence-electron chi connectivity index (χ4n) is 4.12. The van der Waals surface area contributed by atoms with Crippen molar-refractivity contribution >= 4 is 23.5 Å². The predicted octanol–water partition coefficient (Wildman–Crippen LogP) is 5.78. The molecule has 10 heteroatoms. The highest BCUT2D eigenvalue weighted by molar-refractivity contribution is 6.30. The monoisotopic (exact) mass is 545 g/mol. The lowest BCUT2D eigenvalue weighted by Gasteiger charge is -2.36. The van der Waals surface area contributed by atoms with Gasteiger partial charge < -0.3 is 9.64 Å². The van der Waals surface area contributed by atoms with Gasteiger partial charge in [0.25, 0.3) is 5.91 Å². The fourth-order valence-corrected chi connectivity index (χ4v) is 4.25. The summed E-state index contributed by atoms with van der Waals surface area (Å²) in [5.41, 5.74) is 1.22. The lowest BCUT2D eigenvalue weighted by Crippen LogP contribution is -2.53. The van der Waals surface area contributed by atoms with Crippen molar-refractivity contribution in [2.75, 3.05) is 32.7 Å². The minimum absolute atomic E-state index is 0.134. The second-order valence-electron chi connectivity index (χ2n) is 8.96. The van der Waals surface area contributed by atoms with Crippen LogP contribution in [0.4, 0.5) is 18.0 Å². The quantitative estimate of drug-likeness (QED) is 0.408. The number of piperazine rings is 1. The van der Waals surface area contributed by atoms with E-state index in [9.17, 15) is 22.8 Å². The second-order valence-corrected chi connectivity index (χ2v) is 9.40. The number of nitrogens with zero attached hydrogens (tertiary/aromatic N) is 2. The Morgan fingerprint density at radius 2 is 1.53 bits per heavy atom. The number of alkyl halides is 3. The molecule has 3 aromatic rings. The van der Waals surface area contributed by atoms with E-state index in [2.05, 4.69) is 10.2 Å². The van der Waals surface area contributed by atoms with Gasteiger partial charge in [-0.2, -0.15) is 13.2 Å². The summed E-state index contributed by atoms with van der Waals surface area (Å²) in [5.74, 6) is -0.447. The molecule has 200 valence electrons. The van der Waals surface area contributed by atoms with Crippen molar-refractivity contribution in [3.63, 3.8) is 0 Å². The van der Waals surface area contributed by atoms with Gasteiger partial charge in [-0.1, -0.05) is 54.1 Å². The number of imide groups is 1. The third-order valence-electron chi connectivity index (χ3n) is 6.31. The Morgan fingerprint density at radius 3 is 2.13 bits per heavy atom. The number of hydrogen-bond donors (Lipinski definition) is 1. The molecule has 0 aliphatic carbocycles. The zero-order valence-corrected chi connectivity index (χ0v) is 21.2. The van der Waals surface area contributed by atoms with E-state index in [4.69, 9.17) is 16.3 Å². The molecule has 38 heavy (non-hydrogen) atoms. The number of halogens is 4. The van der Waals surface area contributed by atoms with Crippen molar-refractivity contribution < 1.29 is 27.5 Å². The summed E-state index contributed by atoms with van der Waals surface area (Å²) in [4.78, 5) is 28.6. The van der Waals surface area contributed by atoms with Gasteiger partial charge in [0.05, 0.1) is 18.3 Å². The summed E-state index contributed by atoms with van der Waals surface area (Å²) < 4.78 is 44.8. The van der Waals surface area contributed by atoms with Gasteiger partial charge >= 0.3 is 12.2 Å². The Kier molecular flexibility index (Phi) is 9.04. The Bertz CT molecular complexity index is 1210. The van der Waals surface area contributed by atoms with Crippen molar-refractivity contribution in [2.45, 2.75) is 18.9 Å². The minimum Gasteiger partial charge on any atom is -0.368 e. The maximum Gasteiger partial charge on any atom is 0.416 e. The first-order chi connectivity index (χ1) is 18.2. The molecule has 1 aliphatic rings. The smallest absolute Gasteiger partial charge is 0.368 e. The number of amides is 3. The average molecular weight is 546 g/mol. The number of benzene rings is 3. The number of hydrogen-bond acceptors (Lipinski definition) is 4.